The molecule has 0 aromatic rings. The lowest BCUT2D eigenvalue weighted by molar-refractivity contribution is -0.0773. The first-order valence-corrected chi connectivity index (χ1v) is 4.40. The predicted molar refractivity (Wildman–Crippen MR) is 46.8 cm³/mol. The van der Waals surface area contributed by atoms with Crippen molar-refractivity contribution >= 4 is 0 Å². The molecule has 0 aromatic carbocycles. The Morgan fingerprint density at radius 1 is 1.18 bits per heavy atom. The van der Waals surface area contributed by atoms with E-state index in [9.17, 15) is 0 Å². The molecule has 1 aliphatic heterocycles. The van der Waals surface area contributed by atoms with Crippen LogP contribution in [-0.2, 0) is 9.47 Å². The van der Waals surface area contributed by atoms with Crippen LogP contribution in [0, 0.1) is 0 Å². The van der Waals surface area contributed by atoms with Gasteiger partial charge in [0.05, 0.1) is 5.60 Å². The van der Waals surface area contributed by atoms with Gasteiger partial charge < -0.3 is 9.47 Å². The minimum absolute atomic E-state index is 0.0955. The summed E-state index contributed by atoms with van der Waals surface area (Å²) >= 11 is 0. The summed E-state index contributed by atoms with van der Waals surface area (Å²) in [6.07, 6.45) is 2.06. The highest BCUT2D eigenvalue weighted by Gasteiger charge is 2.25. The van der Waals surface area contributed by atoms with Gasteiger partial charge in [0.25, 0.3) is 0 Å². The van der Waals surface area contributed by atoms with Crippen LogP contribution >= 0.6 is 0 Å². The first-order valence-electron chi connectivity index (χ1n) is 4.40. The second kappa shape index (κ2) is 5.56. The molecule has 0 atom stereocenters. The lowest BCUT2D eigenvalue weighted by atomic mass is 9.97. The molecule has 0 amide bonds. The van der Waals surface area contributed by atoms with Crippen molar-refractivity contribution in [3.05, 3.63) is 0 Å². The molecule has 68 valence electrons. The van der Waals surface area contributed by atoms with Gasteiger partial charge in [-0.2, -0.15) is 0 Å². The molecule has 0 radical (unpaired) electrons. The SMILES string of the molecule is CC.COC1(C)CCOCC1. The minimum Gasteiger partial charge on any atom is -0.381 e. The first kappa shape index (κ1) is 10.9. The summed E-state index contributed by atoms with van der Waals surface area (Å²) in [6.45, 7) is 7.84. The standard InChI is InChI=1S/C7H14O2.C2H6/c1-7(8-2)3-5-9-6-4-7;1-2/h3-6H2,1-2H3;1-2H3. The van der Waals surface area contributed by atoms with Gasteiger partial charge in [-0.1, -0.05) is 13.8 Å². The van der Waals surface area contributed by atoms with Crippen LogP contribution in [0.3, 0.4) is 0 Å². The van der Waals surface area contributed by atoms with Crippen LogP contribution in [0.15, 0.2) is 0 Å². The van der Waals surface area contributed by atoms with E-state index in [4.69, 9.17) is 9.47 Å². The molecular weight excluding hydrogens is 140 g/mol. The molecule has 11 heavy (non-hydrogen) atoms. The van der Waals surface area contributed by atoms with Crippen molar-refractivity contribution in [2.45, 2.75) is 39.2 Å². The molecule has 1 rings (SSSR count). The van der Waals surface area contributed by atoms with Crippen molar-refractivity contribution in [2.24, 2.45) is 0 Å². The Kier molecular flexibility index (Phi) is 5.51. The topological polar surface area (TPSA) is 18.5 Å². The van der Waals surface area contributed by atoms with Crippen molar-refractivity contribution in [3.63, 3.8) is 0 Å². The smallest absolute Gasteiger partial charge is 0.0694 e. The molecule has 0 bridgehead atoms. The molecule has 2 nitrogen and oxygen atoms in total. The lowest BCUT2D eigenvalue weighted by Gasteiger charge is -2.31. The van der Waals surface area contributed by atoms with E-state index in [1.807, 2.05) is 13.8 Å². The van der Waals surface area contributed by atoms with E-state index in [-0.39, 0.29) is 5.60 Å². The van der Waals surface area contributed by atoms with E-state index in [2.05, 4.69) is 6.92 Å². The molecule has 0 saturated carbocycles. The van der Waals surface area contributed by atoms with E-state index < -0.39 is 0 Å². The highest BCUT2D eigenvalue weighted by atomic mass is 16.5. The summed E-state index contributed by atoms with van der Waals surface area (Å²) in [7, 11) is 1.77. The highest BCUT2D eigenvalue weighted by Crippen LogP contribution is 2.22. The fraction of sp³-hybridized carbons (Fsp3) is 1.00. The van der Waals surface area contributed by atoms with Crippen LogP contribution in [0.4, 0.5) is 0 Å². The molecule has 0 spiro atoms. The number of ether oxygens (including phenoxy) is 2. The summed E-state index contributed by atoms with van der Waals surface area (Å²) in [6, 6.07) is 0. The van der Waals surface area contributed by atoms with Gasteiger partial charge in [0.2, 0.25) is 0 Å². The van der Waals surface area contributed by atoms with E-state index in [0.717, 1.165) is 26.1 Å². The van der Waals surface area contributed by atoms with Crippen molar-refractivity contribution in [3.8, 4) is 0 Å². The molecule has 2 heteroatoms. The van der Waals surface area contributed by atoms with Crippen LogP contribution < -0.4 is 0 Å². The molecule has 0 unspecified atom stereocenters. The second-order valence-electron chi connectivity index (χ2n) is 2.77. The molecular formula is C9H20O2. The van der Waals surface area contributed by atoms with Gasteiger partial charge in [-0.05, 0) is 19.8 Å². The summed E-state index contributed by atoms with van der Waals surface area (Å²) in [5.41, 5.74) is 0.0955. The van der Waals surface area contributed by atoms with E-state index in [1.165, 1.54) is 0 Å². The van der Waals surface area contributed by atoms with Gasteiger partial charge in [-0.25, -0.2) is 0 Å². The first-order chi connectivity index (χ1) is 5.27. The minimum atomic E-state index is 0.0955. The van der Waals surface area contributed by atoms with Crippen LogP contribution in [-0.4, -0.2) is 25.9 Å². The van der Waals surface area contributed by atoms with Gasteiger partial charge in [-0.3, -0.25) is 0 Å². The van der Waals surface area contributed by atoms with Crippen molar-refractivity contribution in [1.82, 2.24) is 0 Å². The van der Waals surface area contributed by atoms with E-state index in [1.54, 1.807) is 7.11 Å². The number of hydrogen-bond acceptors (Lipinski definition) is 2. The summed E-state index contributed by atoms with van der Waals surface area (Å²) in [5.74, 6) is 0. The van der Waals surface area contributed by atoms with Crippen LogP contribution in [0.25, 0.3) is 0 Å². The van der Waals surface area contributed by atoms with Crippen molar-refractivity contribution in [2.75, 3.05) is 20.3 Å². The third-order valence-corrected chi connectivity index (χ3v) is 2.04. The lowest BCUT2D eigenvalue weighted by Crippen LogP contribution is -2.34. The monoisotopic (exact) mass is 160 g/mol. The number of hydrogen-bond donors (Lipinski definition) is 0. The van der Waals surface area contributed by atoms with Crippen molar-refractivity contribution < 1.29 is 9.47 Å². The second-order valence-corrected chi connectivity index (χ2v) is 2.77. The number of rotatable bonds is 1. The van der Waals surface area contributed by atoms with Gasteiger partial charge in [0, 0.05) is 20.3 Å². The molecule has 1 fully saturated rings. The maximum atomic E-state index is 5.30. The highest BCUT2D eigenvalue weighted by molar-refractivity contribution is 4.76. The average molecular weight is 160 g/mol. The Bertz CT molecular complexity index is 85.6. The quantitative estimate of drug-likeness (QED) is 0.585. The zero-order valence-corrected chi connectivity index (χ0v) is 8.14. The normalized spacial score (nSPS) is 21.8. The fourth-order valence-corrected chi connectivity index (χ4v) is 1.01. The Balaban J connectivity index is 0.000000461. The average Bonchev–Trinajstić information content (AvgIpc) is 2.10. The third kappa shape index (κ3) is 3.73. The van der Waals surface area contributed by atoms with Crippen LogP contribution in [0.1, 0.15) is 33.6 Å². The molecule has 0 aliphatic carbocycles. The van der Waals surface area contributed by atoms with Crippen molar-refractivity contribution in [1.29, 1.82) is 0 Å². The molecule has 0 aromatic heterocycles. The molecule has 1 heterocycles. The molecule has 0 N–H and O–H groups in total. The Labute approximate surface area is 69.9 Å². The maximum Gasteiger partial charge on any atom is 0.0694 e. The zero-order valence-electron chi connectivity index (χ0n) is 8.14. The largest absolute Gasteiger partial charge is 0.381 e. The fourth-order valence-electron chi connectivity index (χ4n) is 1.01. The Hall–Kier alpha value is -0.0800. The zero-order chi connectivity index (χ0) is 8.74. The van der Waals surface area contributed by atoms with E-state index >= 15 is 0 Å². The van der Waals surface area contributed by atoms with Gasteiger partial charge in [0.15, 0.2) is 0 Å². The van der Waals surface area contributed by atoms with E-state index in [0.29, 0.717) is 0 Å². The third-order valence-electron chi connectivity index (χ3n) is 2.04. The van der Waals surface area contributed by atoms with Gasteiger partial charge >= 0.3 is 0 Å². The van der Waals surface area contributed by atoms with Crippen LogP contribution in [0.2, 0.25) is 0 Å². The Morgan fingerprint density at radius 3 is 1.91 bits per heavy atom. The summed E-state index contributed by atoms with van der Waals surface area (Å²) in [4.78, 5) is 0. The molecule has 1 aliphatic rings. The Morgan fingerprint density at radius 2 is 1.64 bits per heavy atom. The van der Waals surface area contributed by atoms with Gasteiger partial charge in [-0.15, -0.1) is 0 Å². The summed E-state index contributed by atoms with van der Waals surface area (Å²) in [5, 5.41) is 0. The maximum absolute atomic E-state index is 5.30. The van der Waals surface area contributed by atoms with Crippen LogP contribution in [0.5, 0.6) is 0 Å². The van der Waals surface area contributed by atoms with Gasteiger partial charge in [0.1, 0.15) is 0 Å². The predicted octanol–water partition coefficient (Wildman–Crippen LogP) is 2.23. The number of methoxy groups -OCH3 is 1. The summed E-state index contributed by atoms with van der Waals surface area (Å²) < 4.78 is 10.5. The molecule has 1 saturated heterocycles.